The number of unbranched alkanes of at least 4 members (excludes halogenated alkanes) is 2. The zero-order valence-electron chi connectivity index (χ0n) is 10.1. The number of hydrogen-bond donors (Lipinski definition) is 1. The molecule has 0 bridgehead atoms. The van der Waals surface area contributed by atoms with Crippen LogP contribution in [0.4, 0.5) is 0 Å². The topological polar surface area (TPSA) is 40.5 Å². The lowest BCUT2D eigenvalue weighted by Crippen LogP contribution is -2.54. The Morgan fingerprint density at radius 1 is 1.12 bits per heavy atom. The van der Waals surface area contributed by atoms with Crippen molar-refractivity contribution in [3.05, 3.63) is 0 Å². The van der Waals surface area contributed by atoms with Crippen LogP contribution in [0.1, 0.15) is 51.4 Å². The molecule has 1 saturated heterocycles. The summed E-state index contributed by atoms with van der Waals surface area (Å²) in [5.74, 6) is -0.658. The fourth-order valence-corrected chi connectivity index (χ4v) is 3.29. The Morgan fingerprint density at radius 2 is 1.81 bits per heavy atom. The van der Waals surface area contributed by atoms with Crippen molar-refractivity contribution in [3.8, 4) is 0 Å². The Morgan fingerprint density at radius 3 is 2.44 bits per heavy atom. The Balaban J connectivity index is 1.48. The van der Waals surface area contributed by atoms with E-state index in [1.807, 2.05) is 0 Å². The van der Waals surface area contributed by atoms with Gasteiger partial charge in [0.1, 0.15) is 0 Å². The highest BCUT2D eigenvalue weighted by atomic mass is 16.4. The molecule has 0 aromatic heterocycles. The molecule has 0 radical (unpaired) electrons. The number of rotatable bonds is 6. The van der Waals surface area contributed by atoms with Gasteiger partial charge >= 0.3 is 5.97 Å². The van der Waals surface area contributed by atoms with Gasteiger partial charge in [-0.3, -0.25) is 4.79 Å². The molecule has 3 heteroatoms. The van der Waals surface area contributed by atoms with Crippen LogP contribution in [0, 0.1) is 5.41 Å². The van der Waals surface area contributed by atoms with Crippen LogP contribution in [0.15, 0.2) is 0 Å². The average molecular weight is 225 g/mol. The molecule has 3 nitrogen and oxygen atoms in total. The van der Waals surface area contributed by atoms with E-state index in [-0.39, 0.29) is 0 Å². The van der Waals surface area contributed by atoms with Crippen molar-refractivity contribution in [2.75, 3.05) is 19.6 Å². The van der Waals surface area contributed by atoms with E-state index in [0.29, 0.717) is 11.8 Å². The summed E-state index contributed by atoms with van der Waals surface area (Å²) in [5, 5.41) is 8.51. The summed E-state index contributed by atoms with van der Waals surface area (Å²) in [6, 6.07) is 0. The van der Waals surface area contributed by atoms with Gasteiger partial charge in [0.05, 0.1) is 0 Å². The molecule has 1 aliphatic carbocycles. The highest BCUT2D eigenvalue weighted by molar-refractivity contribution is 5.66. The number of nitrogens with zero attached hydrogens (tertiary/aromatic N) is 1. The van der Waals surface area contributed by atoms with Gasteiger partial charge in [0, 0.05) is 19.5 Å². The van der Waals surface area contributed by atoms with Crippen molar-refractivity contribution in [1.82, 2.24) is 4.90 Å². The molecule has 92 valence electrons. The predicted octanol–water partition coefficient (Wildman–Crippen LogP) is 2.51. The molecule has 2 rings (SSSR count). The largest absolute Gasteiger partial charge is 0.481 e. The van der Waals surface area contributed by atoms with E-state index >= 15 is 0 Å². The number of hydrogen-bond acceptors (Lipinski definition) is 2. The molecule has 2 fully saturated rings. The van der Waals surface area contributed by atoms with Gasteiger partial charge in [-0.1, -0.05) is 19.3 Å². The summed E-state index contributed by atoms with van der Waals surface area (Å²) in [4.78, 5) is 12.9. The fourth-order valence-electron chi connectivity index (χ4n) is 3.29. The number of carboxylic acid groups (broad SMARTS) is 1. The summed E-state index contributed by atoms with van der Waals surface area (Å²) in [6.07, 6.45) is 9.18. The zero-order chi connectivity index (χ0) is 11.4. The molecule has 0 unspecified atom stereocenters. The fraction of sp³-hybridized carbons (Fsp3) is 0.923. The maximum atomic E-state index is 10.3. The lowest BCUT2D eigenvalue weighted by atomic mass is 9.78. The van der Waals surface area contributed by atoms with Crippen LogP contribution in [0.5, 0.6) is 0 Å². The van der Waals surface area contributed by atoms with Crippen LogP contribution in [-0.4, -0.2) is 35.6 Å². The van der Waals surface area contributed by atoms with Gasteiger partial charge in [0.25, 0.3) is 0 Å². The first-order valence-electron chi connectivity index (χ1n) is 6.64. The molecule has 1 saturated carbocycles. The summed E-state index contributed by atoms with van der Waals surface area (Å²) in [5.41, 5.74) is 0.709. The van der Waals surface area contributed by atoms with E-state index in [9.17, 15) is 4.79 Å². The molecule has 1 N–H and O–H groups in total. The molecule has 0 atom stereocenters. The summed E-state index contributed by atoms with van der Waals surface area (Å²) in [6.45, 7) is 3.80. The lowest BCUT2D eigenvalue weighted by molar-refractivity contribution is -0.137. The second kappa shape index (κ2) is 5.17. The standard InChI is InChI=1S/C13H23NO2/c15-12(16)6-2-1-5-9-14-10-13(11-14)7-3-4-8-13/h1-11H2,(H,15,16). The normalized spacial score (nSPS) is 23.5. The Kier molecular flexibility index (Phi) is 3.85. The first kappa shape index (κ1) is 11.9. The van der Waals surface area contributed by atoms with Gasteiger partial charge in [-0.05, 0) is 37.6 Å². The van der Waals surface area contributed by atoms with E-state index in [1.54, 1.807) is 0 Å². The van der Waals surface area contributed by atoms with E-state index in [1.165, 1.54) is 51.7 Å². The van der Waals surface area contributed by atoms with Crippen molar-refractivity contribution >= 4 is 5.97 Å². The van der Waals surface area contributed by atoms with E-state index in [0.717, 1.165) is 12.8 Å². The van der Waals surface area contributed by atoms with Crippen LogP contribution in [-0.2, 0) is 4.79 Å². The maximum absolute atomic E-state index is 10.3. The second-order valence-corrected chi connectivity index (χ2v) is 5.62. The minimum Gasteiger partial charge on any atom is -0.481 e. The maximum Gasteiger partial charge on any atom is 0.303 e. The van der Waals surface area contributed by atoms with Gasteiger partial charge in [-0.25, -0.2) is 0 Å². The molecule has 0 aromatic carbocycles. The molecule has 0 aromatic rings. The molecule has 1 heterocycles. The SMILES string of the molecule is O=C(O)CCCCCN1CC2(CCCC2)C1. The quantitative estimate of drug-likeness (QED) is 0.706. The molecule has 1 spiro atoms. The molecular weight excluding hydrogens is 202 g/mol. The first-order chi connectivity index (χ1) is 7.70. The smallest absolute Gasteiger partial charge is 0.303 e. The third kappa shape index (κ3) is 2.97. The molecule has 0 amide bonds. The number of aliphatic carboxylic acids is 1. The highest BCUT2D eigenvalue weighted by Crippen LogP contribution is 2.45. The van der Waals surface area contributed by atoms with Gasteiger partial charge in [-0.15, -0.1) is 0 Å². The highest BCUT2D eigenvalue weighted by Gasteiger charge is 2.43. The zero-order valence-corrected chi connectivity index (χ0v) is 10.1. The van der Waals surface area contributed by atoms with Crippen molar-refractivity contribution in [2.45, 2.75) is 51.4 Å². The van der Waals surface area contributed by atoms with Gasteiger partial charge in [0.15, 0.2) is 0 Å². The first-order valence-corrected chi connectivity index (χ1v) is 6.64. The van der Waals surface area contributed by atoms with Gasteiger partial charge < -0.3 is 10.0 Å². The van der Waals surface area contributed by atoms with Crippen molar-refractivity contribution < 1.29 is 9.90 Å². The minimum atomic E-state index is -0.658. The Labute approximate surface area is 97.8 Å². The average Bonchev–Trinajstić information content (AvgIpc) is 2.64. The van der Waals surface area contributed by atoms with Crippen LogP contribution < -0.4 is 0 Å². The number of carboxylic acids is 1. The minimum absolute atomic E-state index is 0.337. The predicted molar refractivity (Wildman–Crippen MR) is 63.4 cm³/mol. The van der Waals surface area contributed by atoms with Crippen LogP contribution >= 0.6 is 0 Å². The number of likely N-dealkylation sites (tertiary alicyclic amines) is 1. The van der Waals surface area contributed by atoms with Crippen molar-refractivity contribution in [1.29, 1.82) is 0 Å². The number of carbonyl (C=O) groups is 1. The third-order valence-electron chi connectivity index (χ3n) is 4.15. The van der Waals surface area contributed by atoms with Crippen molar-refractivity contribution in [3.63, 3.8) is 0 Å². The Bertz CT molecular complexity index is 238. The monoisotopic (exact) mass is 225 g/mol. The summed E-state index contributed by atoms with van der Waals surface area (Å²) >= 11 is 0. The second-order valence-electron chi connectivity index (χ2n) is 5.62. The summed E-state index contributed by atoms with van der Waals surface area (Å²) in [7, 11) is 0. The molecule has 16 heavy (non-hydrogen) atoms. The Hall–Kier alpha value is -0.570. The van der Waals surface area contributed by atoms with Crippen LogP contribution in [0.2, 0.25) is 0 Å². The van der Waals surface area contributed by atoms with Crippen molar-refractivity contribution in [2.24, 2.45) is 5.41 Å². The van der Waals surface area contributed by atoms with E-state index in [4.69, 9.17) is 5.11 Å². The molecular formula is C13H23NO2. The van der Waals surface area contributed by atoms with E-state index < -0.39 is 5.97 Å². The molecule has 2 aliphatic rings. The van der Waals surface area contributed by atoms with E-state index in [2.05, 4.69) is 4.90 Å². The van der Waals surface area contributed by atoms with Crippen LogP contribution in [0.25, 0.3) is 0 Å². The van der Waals surface area contributed by atoms with Gasteiger partial charge in [0.2, 0.25) is 0 Å². The third-order valence-corrected chi connectivity index (χ3v) is 4.15. The summed E-state index contributed by atoms with van der Waals surface area (Å²) < 4.78 is 0. The van der Waals surface area contributed by atoms with Crippen LogP contribution in [0.3, 0.4) is 0 Å². The molecule has 1 aliphatic heterocycles. The van der Waals surface area contributed by atoms with Gasteiger partial charge in [-0.2, -0.15) is 0 Å². The lowest BCUT2D eigenvalue weighted by Gasteiger charge is -2.48.